The Hall–Kier alpha value is -2.81. The van der Waals surface area contributed by atoms with E-state index in [1.807, 2.05) is 55.4 Å². The van der Waals surface area contributed by atoms with E-state index in [4.69, 9.17) is 23.2 Å². The molecule has 10 heteroatoms. The lowest BCUT2D eigenvalue weighted by atomic mass is 10.2. The van der Waals surface area contributed by atoms with E-state index in [0.29, 0.717) is 21.4 Å². The number of nitrogens with zero attached hydrogens (tertiary/aromatic N) is 3. The molecule has 33 heavy (non-hydrogen) atoms. The molecule has 172 valence electrons. The minimum atomic E-state index is -0.645. The number of benzene rings is 2. The molecule has 2 aromatic carbocycles. The van der Waals surface area contributed by atoms with Crippen LogP contribution >= 0.6 is 35.0 Å². The summed E-state index contributed by atoms with van der Waals surface area (Å²) in [6.45, 7) is 1.80. The summed E-state index contributed by atoms with van der Waals surface area (Å²) in [5.74, 6) is -0.631. The summed E-state index contributed by atoms with van der Waals surface area (Å²) in [4.78, 5) is 26.7. The van der Waals surface area contributed by atoms with Gasteiger partial charge in [-0.15, -0.1) is 5.10 Å². The number of carbonyl (C=O) groups excluding carboxylic acids is 2. The number of anilines is 2. The fraction of sp³-hybridized carbons (Fsp3) is 0.217. The van der Waals surface area contributed by atoms with Gasteiger partial charge in [0.25, 0.3) is 0 Å². The molecule has 0 spiro atoms. The summed E-state index contributed by atoms with van der Waals surface area (Å²) in [5, 5.41) is 14.0. The lowest BCUT2D eigenvalue weighted by Gasteiger charge is -2.21. The Morgan fingerprint density at radius 1 is 1.18 bits per heavy atom. The molecule has 2 amide bonds. The number of halogens is 2. The first-order chi connectivity index (χ1) is 15.7. The normalized spacial score (nSPS) is 17.8. The van der Waals surface area contributed by atoms with Crippen LogP contribution in [0.1, 0.15) is 18.9 Å². The lowest BCUT2D eigenvalue weighted by Crippen LogP contribution is -2.41. The van der Waals surface area contributed by atoms with Gasteiger partial charge in [-0.25, -0.2) is 0 Å². The Kier molecular flexibility index (Phi) is 8.55. The predicted molar refractivity (Wildman–Crippen MR) is 140 cm³/mol. The average molecular weight is 504 g/mol. The molecule has 1 saturated heterocycles. The second-order valence-corrected chi connectivity index (χ2v) is 9.45. The number of hydrogen-bond acceptors (Lipinski definition) is 6. The second kappa shape index (κ2) is 11.4. The standard InChI is InChI=1S/C23H23Cl2N5O2S/c1-14(4-5-15-6-9-17(10-7-15)30(2)3)28-29-23-27-21(31)13-20(33-23)22(32)26-16-8-11-18(24)19(25)12-16/h4-12,20H,13H2,1-3H3,(H,26,32)(H,27,29,31). The van der Waals surface area contributed by atoms with Gasteiger partial charge >= 0.3 is 0 Å². The fourth-order valence-corrected chi connectivity index (χ4v) is 4.02. The van der Waals surface area contributed by atoms with Crippen LogP contribution in [0.5, 0.6) is 0 Å². The molecule has 1 aliphatic rings. The summed E-state index contributed by atoms with van der Waals surface area (Å²) in [6, 6.07) is 12.9. The first kappa shape index (κ1) is 24.8. The van der Waals surface area contributed by atoms with Gasteiger partial charge in [-0.1, -0.05) is 53.2 Å². The van der Waals surface area contributed by atoms with Gasteiger partial charge in [-0.3, -0.25) is 9.59 Å². The highest BCUT2D eigenvalue weighted by Gasteiger charge is 2.30. The van der Waals surface area contributed by atoms with Crippen LogP contribution < -0.4 is 15.5 Å². The zero-order valence-corrected chi connectivity index (χ0v) is 20.6. The molecule has 0 radical (unpaired) electrons. The quantitative estimate of drug-likeness (QED) is 0.425. The molecule has 3 rings (SSSR count). The number of amidine groups is 1. The van der Waals surface area contributed by atoms with Crippen LogP contribution in [0.3, 0.4) is 0 Å². The van der Waals surface area contributed by atoms with Gasteiger partial charge in [-0.2, -0.15) is 5.10 Å². The molecule has 1 aliphatic heterocycles. The zero-order chi connectivity index (χ0) is 24.0. The van der Waals surface area contributed by atoms with Crippen molar-refractivity contribution in [1.82, 2.24) is 5.32 Å². The summed E-state index contributed by atoms with van der Waals surface area (Å²) in [7, 11) is 3.98. The Labute approximate surface area is 206 Å². The zero-order valence-electron chi connectivity index (χ0n) is 18.3. The Bertz CT molecular complexity index is 1130. The molecular formula is C23H23Cl2N5O2S. The third-order valence-corrected chi connectivity index (χ3v) is 6.39. The van der Waals surface area contributed by atoms with Crippen LogP contribution in [0.2, 0.25) is 10.0 Å². The van der Waals surface area contributed by atoms with E-state index in [0.717, 1.165) is 23.0 Å². The SMILES string of the molecule is CC(C=Cc1ccc(N(C)C)cc1)=NN=C1NC(=O)CC(C(=O)Nc2ccc(Cl)c(Cl)c2)S1. The van der Waals surface area contributed by atoms with Crippen LogP contribution in [0.25, 0.3) is 6.08 Å². The first-order valence-corrected chi connectivity index (χ1v) is 11.6. The lowest BCUT2D eigenvalue weighted by molar-refractivity contribution is -0.123. The van der Waals surface area contributed by atoms with Crippen molar-refractivity contribution in [3.8, 4) is 0 Å². The number of nitrogens with one attached hydrogen (secondary N) is 2. The van der Waals surface area contributed by atoms with Gasteiger partial charge in [0.15, 0.2) is 5.17 Å². The third kappa shape index (κ3) is 7.35. The van der Waals surface area contributed by atoms with Gasteiger partial charge in [0.05, 0.1) is 15.8 Å². The number of rotatable bonds is 6. The largest absolute Gasteiger partial charge is 0.378 e. The van der Waals surface area contributed by atoms with Crippen LogP contribution in [0.15, 0.2) is 58.7 Å². The number of carbonyl (C=O) groups is 2. The highest BCUT2D eigenvalue weighted by atomic mass is 35.5. The maximum atomic E-state index is 12.6. The third-order valence-electron chi connectivity index (χ3n) is 4.58. The minimum absolute atomic E-state index is 0.0301. The first-order valence-electron chi connectivity index (χ1n) is 10.0. The smallest absolute Gasteiger partial charge is 0.238 e. The summed E-state index contributed by atoms with van der Waals surface area (Å²) >= 11 is 13.0. The van der Waals surface area contributed by atoms with E-state index in [9.17, 15) is 9.59 Å². The monoisotopic (exact) mass is 503 g/mol. The van der Waals surface area contributed by atoms with Crippen molar-refractivity contribution < 1.29 is 9.59 Å². The number of amides is 2. The van der Waals surface area contributed by atoms with Gasteiger partial charge in [0.2, 0.25) is 11.8 Å². The van der Waals surface area contributed by atoms with Crippen LogP contribution in [-0.4, -0.2) is 42.0 Å². The Balaban J connectivity index is 1.63. The van der Waals surface area contributed by atoms with Gasteiger partial charge < -0.3 is 15.5 Å². The molecule has 1 heterocycles. The molecule has 1 unspecified atom stereocenters. The van der Waals surface area contributed by atoms with E-state index in [2.05, 4.69) is 20.8 Å². The van der Waals surface area contributed by atoms with E-state index < -0.39 is 5.25 Å². The molecule has 0 aromatic heterocycles. The summed E-state index contributed by atoms with van der Waals surface area (Å²) in [6.07, 6.45) is 3.79. The van der Waals surface area contributed by atoms with Crippen LogP contribution in [0, 0.1) is 0 Å². The van der Waals surface area contributed by atoms with Crippen LogP contribution in [-0.2, 0) is 9.59 Å². The second-order valence-electron chi connectivity index (χ2n) is 7.44. The summed E-state index contributed by atoms with van der Waals surface area (Å²) in [5.41, 5.74) is 3.29. The van der Waals surface area contributed by atoms with E-state index >= 15 is 0 Å². The fourth-order valence-electron chi connectivity index (χ4n) is 2.79. The number of allylic oxidation sites excluding steroid dienone is 1. The van der Waals surface area contributed by atoms with E-state index in [-0.39, 0.29) is 23.4 Å². The van der Waals surface area contributed by atoms with E-state index in [1.165, 1.54) is 0 Å². The Morgan fingerprint density at radius 2 is 1.91 bits per heavy atom. The maximum absolute atomic E-state index is 12.6. The van der Waals surface area contributed by atoms with E-state index in [1.54, 1.807) is 25.1 Å². The molecule has 1 fully saturated rings. The van der Waals surface area contributed by atoms with Crippen molar-refractivity contribution in [2.24, 2.45) is 10.2 Å². The molecule has 1 atom stereocenters. The van der Waals surface area contributed by atoms with Gasteiger partial charge in [0.1, 0.15) is 5.25 Å². The highest BCUT2D eigenvalue weighted by Crippen LogP contribution is 2.27. The van der Waals surface area contributed by atoms with Crippen molar-refractivity contribution in [2.45, 2.75) is 18.6 Å². The van der Waals surface area contributed by atoms with Crippen molar-refractivity contribution in [1.29, 1.82) is 0 Å². The van der Waals surface area contributed by atoms with Crippen molar-refractivity contribution >= 4 is 75.1 Å². The van der Waals surface area contributed by atoms with Crippen LogP contribution in [0.4, 0.5) is 11.4 Å². The average Bonchev–Trinajstić information content (AvgIpc) is 2.78. The highest BCUT2D eigenvalue weighted by molar-refractivity contribution is 8.15. The van der Waals surface area contributed by atoms with Gasteiger partial charge in [-0.05, 0) is 48.9 Å². The molecule has 7 nitrogen and oxygen atoms in total. The molecule has 0 saturated carbocycles. The van der Waals surface area contributed by atoms with Crippen molar-refractivity contribution in [3.05, 3.63) is 64.1 Å². The van der Waals surface area contributed by atoms with Crippen molar-refractivity contribution in [3.63, 3.8) is 0 Å². The topological polar surface area (TPSA) is 86.2 Å². The molecule has 2 N–H and O–H groups in total. The van der Waals surface area contributed by atoms with Gasteiger partial charge in [0, 0.05) is 31.9 Å². The Morgan fingerprint density at radius 3 is 2.58 bits per heavy atom. The van der Waals surface area contributed by atoms with Crippen molar-refractivity contribution in [2.75, 3.05) is 24.3 Å². The predicted octanol–water partition coefficient (Wildman–Crippen LogP) is 5.06. The number of hydrogen-bond donors (Lipinski definition) is 2. The molecule has 0 bridgehead atoms. The number of thioether (sulfide) groups is 1. The molecule has 2 aromatic rings. The maximum Gasteiger partial charge on any atom is 0.238 e. The summed E-state index contributed by atoms with van der Waals surface area (Å²) < 4.78 is 0. The molecular weight excluding hydrogens is 481 g/mol. The molecule has 0 aliphatic carbocycles. The minimum Gasteiger partial charge on any atom is -0.378 e.